The van der Waals surface area contributed by atoms with Gasteiger partial charge >= 0.3 is 0 Å². The molecule has 8 nitrogen and oxygen atoms in total. The van der Waals surface area contributed by atoms with Gasteiger partial charge in [-0.3, -0.25) is 4.68 Å². The van der Waals surface area contributed by atoms with Gasteiger partial charge in [-0.25, -0.2) is 18.4 Å². The minimum absolute atomic E-state index is 0.0178. The number of pyridine rings is 1. The molecule has 154 valence electrons. The fourth-order valence-electron chi connectivity index (χ4n) is 3.32. The Morgan fingerprint density at radius 1 is 1.28 bits per heavy atom. The third-order valence-corrected chi connectivity index (χ3v) is 4.99. The highest BCUT2D eigenvalue weighted by Gasteiger charge is 2.34. The molecule has 0 amide bonds. The third-order valence-electron chi connectivity index (χ3n) is 4.99. The number of rotatable bonds is 6. The number of ether oxygens (including phenoxy) is 1. The van der Waals surface area contributed by atoms with Crippen LogP contribution in [0.25, 0.3) is 5.82 Å². The molecule has 3 aromatic heterocycles. The zero-order valence-electron chi connectivity index (χ0n) is 16.3. The highest BCUT2D eigenvalue weighted by molar-refractivity contribution is 5.51. The molecule has 1 saturated carbocycles. The number of alkyl halides is 2. The van der Waals surface area contributed by atoms with E-state index < -0.39 is 5.92 Å². The maximum absolute atomic E-state index is 13.5. The van der Waals surface area contributed by atoms with Crippen molar-refractivity contribution in [2.75, 3.05) is 5.32 Å². The van der Waals surface area contributed by atoms with Gasteiger partial charge in [0.1, 0.15) is 12.9 Å². The van der Waals surface area contributed by atoms with Crippen molar-refractivity contribution in [3.8, 4) is 11.7 Å². The van der Waals surface area contributed by atoms with Crippen LogP contribution in [0.15, 0.2) is 30.7 Å². The Morgan fingerprint density at radius 3 is 2.72 bits per heavy atom. The highest BCUT2D eigenvalue weighted by Crippen LogP contribution is 2.34. The second kappa shape index (κ2) is 7.76. The van der Waals surface area contributed by atoms with E-state index in [1.165, 1.54) is 6.33 Å². The van der Waals surface area contributed by atoms with Crippen LogP contribution in [0, 0.1) is 6.92 Å². The second-order valence-electron chi connectivity index (χ2n) is 7.32. The minimum Gasteiger partial charge on any atom is -0.469 e. The number of nitrogens with zero attached hydrogens (tertiary/aromatic N) is 6. The van der Waals surface area contributed by atoms with Crippen molar-refractivity contribution in [3.63, 3.8) is 0 Å². The topological polar surface area (TPSA) is 82.7 Å². The molecule has 10 heteroatoms. The molecular weight excluding hydrogens is 380 g/mol. The van der Waals surface area contributed by atoms with E-state index in [1.807, 2.05) is 25.3 Å². The van der Waals surface area contributed by atoms with Crippen LogP contribution in [0.1, 0.15) is 37.2 Å². The van der Waals surface area contributed by atoms with Crippen molar-refractivity contribution in [2.24, 2.45) is 7.05 Å². The van der Waals surface area contributed by atoms with Gasteiger partial charge in [0.2, 0.25) is 11.8 Å². The van der Waals surface area contributed by atoms with E-state index in [-0.39, 0.29) is 25.5 Å². The van der Waals surface area contributed by atoms with Gasteiger partial charge < -0.3 is 10.1 Å². The normalized spacial score (nSPS) is 16.7. The lowest BCUT2D eigenvalue weighted by Crippen LogP contribution is -2.32. The van der Waals surface area contributed by atoms with Gasteiger partial charge in [-0.05, 0) is 25.8 Å². The number of aromatic nitrogens is 6. The first-order valence-corrected chi connectivity index (χ1v) is 9.53. The molecule has 29 heavy (non-hydrogen) atoms. The predicted octanol–water partition coefficient (Wildman–Crippen LogP) is 3.27. The van der Waals surface area contributed by atoms with Gasteiger partial charge in [-0.2, -0.15) is 15.2 Å². The Labute approximate surface area is 166 Å². The molecule has 3 aromatic rings. The average molecular weight is 403 g/mol. The van der Waals surface area contributed by atoms with Crippen LogP contribution in [0.3, 0.4) is 0 Å². The fraction of sp³-hybridized carbons (Fsp3) is 0.474. The highest BCUT2D eigenvalue weighted by atomic mass is 19.3. The summed E-state index contributed by atoms with van der Waals surface area (Å²) < 4.78 is 36.0. The summed E-state index contributed by atoms with van der Waals surface area (Å²) in [7, 11) is 1.79. The fourth-order valence-corrected chi connectivity index (χ4v) is 3.32. The molecule has 1 fully saturated rings. The molecular formula is C19H23F2N7O. The largest absolute Gasteiger partial charge is 0.469 e. The Hall–Kier alpha value is -3.04. The molecule has 4 rings (SSSR count). The molecule has 3 heterocycles. The van der Waals surface area contributed by atoms with Crippen molar-refractivity contribution in [1.82, 2.24) is 29.5 Å². The number of anilines is 1. The molecule has 0 aromatic carbocycles. The van der Waals surface area contributed by atoms with Crippen LogP contribution < -0.4 is 10.1 Å². The first-order valence-electron chi connectivity index (χ1n) is 9.53. The van der Waals surface area contributed by atoms with Crippen LogP contribution in [0.5, 0.6) is 5.88 Å². The molecule has 0 spiro atoms. The quantitative estimate of drug-likeness (QED) is 0.680. The van der Waals surface area contributed by atoms with E-state index in [2.05, 4.69) is 25.5 Å². The van der Waals surface area contributed by atoms with Gasteiger partial charge in [0.15, 0.2) is 11.6 Å². The standard InChI is InChI=1S/C19H23F2N7O/c1-13-5-8-28(26-13)16-9-15(24-14-3-6-19(20,21)7-4-14)10-18(25-16)29-11-17-22-12-23-27(17)2/h5,8-10,12,14H,3-4,6-7,11H2,1-2H3,(H,24,25). The average Bonchev–Trinajstić information content (AvgIpc) is 3.30. The van der Waals surface area contributed by atoms with Crippen molar-refractivity contribution in [1.29, 1.82) is 0 Å². The Bertz CT molecular complexity index is 975. The zero-order chi connectivity index (χ0) is 20.4. The lowest BCUT2D eigenvalue weighted by molar-refractivity contribution is -0.0360. The van der Waals surface area contributed by atoms with E-state index in [0.717, 1.165) is 11.4 Å². The number of halogens is 2. The van der Waals surface area contributed by atoms with E-state index in [0.29, 0.717) is 30.4 Å². The summed E-state index contributed by atoms with van der Waals surface area (Å²) in [5.74, 6) is -0.922. The third kappa shape index (κ3) is 4.69. The van der Waals surface area contributed by atoms with Crippen LogP contribution in [0.2, 0.25) is 0 Å². The van der Waals surface area contributed by atoms with Crippen LogP contribution in [0.4, 0.5) is 14.5 Å². The van der Waals surface area contributed by atoms with E-state index in [9.17, 15) is 8.78 Å². The number of hydrogen-bond acceptors (Lipinski definition) is 6. The maximum Gasteiger partial charge on any atom is 0.248 e. The molecule has 0 radical (unpaired) electrons. The lowest BCUT2D eigenvalue weighted by Gasteiger charge is -2.29. The predicted molar refractivity (Wildman–Crippen MR) is 102 cm³/mol. The first-order chi connectivity index (χ1) is 13.9. The summed E-state index contributed by atoms with van der Waals surface area (Å²) in [4.78, 5) is 8.66. The maximum atomic E-state index is 13.5. The van der Waals surface area contributed by atoms with E-state index >= 15 is 0 Å². The molecule has 1 aliphatic carbocycles. The summed E-state index contributed by atoms with van der Waals surface area (Å²) in [5, 5.41) is 11.8. The summed E-state index contributed by atoms with van der Waals surface area (Å²) in [5.41, 5.74) is 1.62. The molecule has 0 unspecified atom stereocenters. The van der Waals surface area contributed by atoms with Gasteiger partial charge in [-0.1, -0.05) is 0 Å². The molecule has 1 N–H and O–H groups in total. The van der Waals surface area contributed by atoms with Crippen molar-refractivity contribution >= 4 is 5.69 Å². The number of aryl methyl sites for hydroxylation is 2. The number of hydrogen-bond donors (Lipinski definition) is 1. The Balaban J connectivity index is 1.55. The smallest absolute Gasteiger partial charge is 0.248 e. The van der Waals surface area contributed by atoms with Crippen LogP contribution in [-0.2, 0) is 13.7 Å². The van der Waals surface area contributed by atoms with Crippen LogP contribution in [-0.4, -0.2) is 41.5 Å². The van der Waals surface area contributed by atoms with Gasteiger partial charge in [0.25, 0.3) is 0 Å². The molecule has 0 bridgehead atoms. The lowest BCUT2D eigenvalue weighted by atomic mass is 9.92. The van der Waals surface area contributed by atoms with Gasteiger partial charge in [0, 0.05) is 49.9 Å². The zero-order valence-corrected chi connectivity index (χ0v) is 16.3. The number of nitrogens with one attached hydrogen (secondary N) is 1. The van der Waals surface area contributed by atoms with Crippen molar-refractivity contribution in [3.05, 3.63) is 42.2 Å². The van der Waals surface area contributed by atoms with Crippen LogP contribution >= 0.6 is 0 Å². The molecule has 1 aliphatic rings. The monoisotopic (exact) mass is 403 g/mol. The van der Waals surface area contributed by atoms with Gasteiger partial charge in [0.05, 0.1) is 5.69 Å². The first kappa shape index (κ1) is 19.3. The van der Waals surface area contributed by atoms with Crippen molar-refractivity contribution < 1.29 is 13.5 Å². The summed E-state index contributed by atoms with van der Waals surface area (Å²) in [6, 6.07) is 5.47. The Kier molecular flexibility index (Phi) is 5.16. The van der Waals surface area contributed by atoms with Crippen molar-refractivity contribution in [2.45, 2.75) is 51.2 Å². The van der Waals surface area contributed by atoms with Gasteiger partial charge in [-0.15, -0.1) is 0 Å². The molecule has 0 atom stereocenters. The Morgan fingerprint density at radius 2 is 2.07 bits per heavy atom. The van der Waals surface area contributed by atoms with E-state index in [1.54, 1.807) is 22.5 Å². The molecule has 0 aliphatic heterocycles. The minimum atomic E-state index is -2.56. The molecule has 0 saturated heterocycles. The summed E-state index contributed by atoms with van der Waals surface area (Å²) in [6.07, 6.45) is 3.91. The summed E-state index contributed by atoms with van der Waals surface area (Å²) >= 11 is 0. The second-order valence-corrected chi connectivity index (χ2v) is 7.32. The summed E-state index contributed by atoms with van der Waals surface area (Å²) in [6.45, 7) is 2.10. The van der Waals surface area contributed by atoms with E-state index in [4.69, 9.17) is 4.74 Å². The SMILES string of the molecule is Cc1ccn(-c2cc(NC3CCC(F)(F)CC3)cc(OCc3ncnn3C)n2)n1.